The third kappa shape index (κ3) is 9.93. The number of methoxy groups -OCH3 is 1. The van der Waals surface area contributed by atoms with E-state index in [1.54, 1.807) is 14.2 Å². The van der Waals surface area contributed by atoms with Crippen LogP contribution in [0.4, 0.5) is 0 Å². The summed E-state index contributed by atoms with van der Waals surface area (Å²) >= 11 is 0. The second-order valence-electron chi connectivity index (χ2n) is 7.23. The van der Waals surface area contributed by atoms with Crippen LogP contribution in [-0.2, 0) is 11.3 Å². The van der Waals surface area contributed by atoms with Gasteiger partial charge >= 0.3 is 0 Å². The first-order valence-corrected chi connectivity index (χ1v) is 9.80. The fourth-order valence-corrected chi connectivity index (χ4v) is 2.99. The first-order chi connectivity index (χ1) is 12.9. The van der Waals surface area contributed by atoms with Gasteiger partial charge in [-0.25, -0.2) is 0 Å². The maximum Gasteiger partial charge on any atom is 0.191 e. The molecule has 0 saturated carbocycles. The molecular weight excluding hydrogens is 467 g/mol. The zero-order valence-corrected chi connectivity index (χ0v) is 20.9. The van der Waals surface area contributed by atoms with Gasteiger partial charge in [-0.15, -0.1) is 24.0 Å². The topological polar surface area (TPSA) is 58.1 Å². The number of guanidine groups is 1. The molecule has 0 spiro atoms. The Morgan fingerprint density at radius 3 is 2.36 bits per heavy atom. The Labute approximate surface area is 188 Å². The molecule has 6 nitrogen and oxygen atoms in total. The highest BCUT2D eigenvalue weighted by atomic mass is 127. The van der Waals surface area contributed by atoms with Crippen LogP contribution in [0.15, 0.2) is 23.2 Å². The van der Waals surface area contributed by atoms with Gasteiger partial charge in [0.05, 0.1) is 6.61 Å². The molecule has 0 radical (unpaired) electrons. The highest BCUT2D eigenvalue weighted by molar-refractivity contribution is 14.0. The summed E-state index contributed by atoms with van der Waals surface area (Å²) in [6.07, 6.45) is 0. The Bertz CT molecular complexity index is 572. The van der Waals surface area contributed by atoms with Gasteiger partial charge in [-0.05, 0) is 46.2 Å². The van der Waals surface area contributed by atoms with Crippen molar-refractivity contribution < 1.29 is 9.47 Å². The van der Waals surface area contributed by atoms with Gasteiger partial charge in [-0.2, -0.15) is 0 Å². The summed E-state index contributed by atoms with van der Waals surface area (Å²) in [6, 6.07) is 7.31. The number of rotatable bonds is 11. The maximum absolute atomic E-state index is 5.86. The first-order valence-electron chi connectivity index (χ1n) is 9.80. The molecule has 28 heavy (non-hydrogen) atoms. The molecule has 2 N–H and O–H groups in total. The average Bonchev–Trinajstić information content (AvgIpc) is 2.62. The van der Waals surface area contributed by atoms with Gasteiger partial charge in [-0.3, -0.25) is 9.89 Å². The molecule has 0 amide bonds. The van der Waals surface area contributed by atoms with Crippen LogP contribution >= 0.6 is 24.0 Å². The van der Waals surface area contributed by atoms with Crippen LogP contribution in [0.25, 0.3) is 0 Å². The van der Waals surface area contributed by atoms with Crippen LogP contribution in [0.2, 0.25) is 0 Å². The van der Waals surface area contributed by atoms with Crippen molar-refractivity contribution in [1.29, 1.82) is 0 Å². The van der Waals surface area contributed by atoms with Gasteiger partial charge in [0.1, 0.15) is 12.4 Å². The molecule has 0 aromatic heterocycles. The average molecular weight is 506 g/mol. The lowest BCUT2D eigenvalue weighted by atomic mass is 10.1. The molecule has 0 aliphatic heterocycles. The van der Waals surface area contributed by atoms with Crippen LogP contribution in [0, 0.1) is 6.92 Å². The lowest BCUT2D eigenvalue weighted by molar-refractivity contribution is 0.145. The van der Waals surface area contributed by atoms with Gasteiger partial charge < -0.3 is 20.1 Å². The van der Waals surface area contributed by atoms with E-state index in [-0.39, 0.29) is 24.0 Å². The van der Waals surface area contributed by atoms with Crippen molar-refractivity contribution in [2.75, 3.05) is 40.5 Å². The second kappa shape index (κ2) is 14.9. The van der Waals surface area contributed by atoms with Crippen LogP contribution in [-0.4, -0.2) is 63.4 Å². The molecule has 0 saturated heterocycles. The minimum Gasteiger partial charge on any atom is -0.491 e. The van der Waals surface area contributed by atoms with Gasteiger partial charge in [0.2, 0.25) is 0 Å². The predicted octanol–water partition coefficient (Wildman–Crippen LogP) is 3.42. The van der Waals surface area contributed by atoms with Crippen LogP contribution in [0.5, 0.6) is 5.75 Å². The monoisotopic (exact) mass is 506 g/mol. The number of nitrogens with one attached hydrogen (secondary N) is 2. The van der Waals surface area contributed by atoms with Gasteiger partial charge in [0.15, 0.2) is 5.96 Å². The molecule has 7 heteroatoms. The van der Waals surface area contributed by atoms with E-state index in [1.165, 1.54) is 5.56 Å². The Morgan fingerprint density at radius 1 is 1.11 bits per heavy atom. The molecule has 0 fully saturated rings. The van der Waals surface area contributed by atoms with E-state index >= 15 is 0 Å². The Balaban J connectivity index is 0.00000729. The van der Waals surface area contributed by atoms with Gasteiger partial charge in [-0.1, -0.05) is 12.1 Å². The van der Waals surface area contributed by atoms with E-state index in [2.05, 4.69) is 73.3 Å². The molecule has 0 heterocycles. The van der Waals surface area contributed by atoms with Gasteiger partial charge in [0, 0.05) is 51.4 Å². The number of ether oxygens (including phenoxy) is 2. The minimum absolute atomic E-state index is 0. The van der Waals surface area contributed by atoms with Crippen molar-refractivity contribution in [3.63, 3.8) is 0 Å². The standard InChI is InChI=1S/C21H38N4O2.HI/c1-16(2)25(17(3)4)11-10-23-21(22-6)24-15-19-9-8-18(5)14-20(19)27-13-12-26-7;/h8-9,14,16-17H,10-13,15H2,1-7H3,(H2,22,23,24);1H. The summed E-state index contributed by atoms with van der Waals surface area (Å²) in [6.45, 7) is 14.6. The zero-order chi connectivity index (χ0) is 20.2. The molecule has 0 aliphatic rings. The SMILES string of the molecule is CN=C(NCCN(C(C)C)C(C)C)NCc1ccc(C)cc1OCCOC.I. The molecule has 1 aromatic carbocycles. The number of aryl methyl sites for hydroxylation is 1. The molecular formula is C21H39IN4O2. The van der Waals surface area contributed by atoms with Crippen molar-refractivity contribution in [2.45, 2.75) is 53.2 Å². The van der Waals surface area contributed by atoms with Crippen molar-refractivity contribution in [1.82, 2.24) is 15.5 Å². The normalized spacial score (nSPS) is 11.7. The van der Waals surface area contributed by atoms with E-state index in [9.17, 15) is 0 Å². The van der Waals surface area contributed by atoms with Crippen LogP contribution < -0.4 is 15.4 Å². The van der Waals surface area contributed by atoms with E-state index in [4.69, 9.17) is 9.47 Å². The molecule has 1 aromatic rings. The third-order valence-electron chi connectivity index (χ3n) is 4.43. The first kappa shape index (κ1) is 26.9. The van der Waals surface area contributed by atoms with Crippen molar-refractivity contribution >= 4 is 29.9 Å². The number of halogens is 1. The zero-order valence-electron chi connectivity index (χ0n) is 18.5. The Morgan fingerprint density at radius 2 is 1.79 bits per heavy atom. The van der Waals surface area contributed by atoms with Crippen LogP contribution in [0.3, 0.4) is 0 Å². The molecule has 0 atom stereocenters. The molecule has 0 aliphatic carbocycles. The number of hydrogen-bond acceptors (Lipinski definition) is 4. The van der Waals surface area contributed by atoms with E-state index in [0.717, 1.165) is 30.4 Å². The molecule has 0 unspecified atom stereocenters. The number of benzene rings is 1. The number of nitrogens with zero attached hydrogens (tertiary/aromatic N) is 2. The second-order valence-corrected chi connectivity index (χ2v) is 7.23. The lowest BCUT2D eigenvalue weighted by Crippen LogP contribution is -2.45. The molecule has 1 rings (SSSR count). The molecule has 0 bridgehead atoms. The predicted molar refractivity (Wildman–Crippen MR) is 129 cm³/mol. The summed E-state index contributed by atoms with van der Waals surface area (Å²) < 4.78 is 10.9. The summed E-state index contributed by atoms with van der Waals surface area (Å²) in [5, 5.41) is 6.78. The Kier molecular flexibility index (Phi) is 14.3. The smallest absolute Gasteiger partial charge is 0.191 e. The number of hydrogen-bond donors (Lipinski definition) is 2. The summed E-state index contributed by atoms with van der Waals surface area (Å²) in [4.78, 5) is 6.79. The fraction of sp³-hybridized carbons (Fsp3) is 0.667. The van der Waals surface area contributed by atoms with Crippen molar-refractivity contribution in [2.24, 2.45) is 4.99 Å². The van der Waals surface area contributed by atoms with E-state index in [1.807, 2.05) is 0 Å². The van der Waals surface area contributed by atoms with E-state index in [0.29, 0.717) is 31.8 Å². The van der Waals surface area contributed by atoms with E-state index < -0.39 is 0 Å². The summed E-state index contributed by atoms with van der Waals surface area (Å²) in [5.74, 6) is 1.69. The fourth-order valence-electron chi connectivity index (χ4n) is 2.99. The summed E-state index contributed by atoms with van der Waals surface area (Å²) in [7, 11) is 3.47. The molecule has 162 valence electrons. The van der Waals surface area contributed by atoms with Crippen molar-refractivity contribution in [3.8, 4) is 5.75 Å². The quantitative estimate of drug-likeness (QED) is 0.209. The minimum atomic E-state index is 0. The summed E-state index contributed by atoms with van der Waals surface area (Å²) in [5.41, 5.74) is 2.28. The third-order valence-corrected chi connectivity index (χ3v) is 4.43. The lowest BCUT2D eigenvalue weighted by Gasteiger charge is -2.30. The number of aliphatic imine (C=N–C) groups is 1. The maximum atomic E-state index is 5.86. The largest absolute Gasteiger partial charge is 0.491 e. The van der Waals surface area contributed by atoms with Gasteiger partial charge in [0.25, 0.3) is 0 Å². The Hall–Kier alpha value is -1.06. The van der Waals surface area contributed by atoms with Crippen molar-refractivity contribution in [3.05, 3.63) is 29.3 Å². The van der Waals surface area contributed by atoms with Crippen LogP contribution in [0.1, 0.15) is 38.8 Å². The highest BCUT2D eigenvalue weighted by Gasteiger charge is 2.13. The highest BCUT2D eigenvalue weighted by Crippen LogP contribution is 2.20.